The Labute approximate surface area is 68.2 Å². The van der Waals surface area contributed by atoms with E-state index in [0.29, 0.717) is 0 Å². The lowest BCUT2D eigenvalue weighted by Crippen LogP contribution is -2.32. The topological polar surface area (TPSA) is 33.0 Å². The summed E-state index contributed by atoms with van der Waals surface area (Å²) in [5.74, 6) is 0. The lowest BCUT2D eigenvalue weighted by Gasteiger charge is -2.33. The largest absolute Gasteiger partial charge is 0.421 e. The summed E-state index contributed by atoms with van der Waals surface area (Å²) in [6.45, 7) is 2.10. The van der Waals surface area contributed by atoms with Gasteiger partial charge in [-0.05, 0) is 32.1 Å². The van der Waals surface area contributed by atoms with E-state index in [2.05, 4.69) is 6.92 Å². The van der Waals surface area contributed by atoms with Gasteiger partial charge in [-0.2, -0.15) is 5.26 Å². The van der Waals surface area contributed by atoms with E-state index in [9.17, 15) is 0 Å². The Morgan fingerprint density at radius 3 is 2.45 bits per heavy atom. The van der Waals surface area contributed by atoms with Gasteiger partial charge in [0.1, 0.15) is 5.60 Å². The van der Waals surface area contributed by atoms with Gasteiger partial charge in [-0.25, -0.2) is 0 Å². The van der Waals surface area contributed by atoms with Crippen LogP contribution in [-0.2, 0) is 4.74 Å². The molecule has 1 saturated carbocycles. The Morgan fingerprint density at radius 1 is 1.36 bits per heavy atom. The van der Waals surface area contributed by atoms with Gasteiger partial charge < -0.3 is 4.74 Å². The number of hydrogen-bond donors (Lipinski definition) is 0. The maximum Gasteiger partial charge on any atom is 0.286 e. The molecule has 0 bridgehead atoms. The molecule has 0 aromatic heterocycles. The summed E-state index contributed by atoms with van der Waals surface area (Å²) in [5, 5.41) is 8.44. The molecule has 1 fully saturated rings. The molecule has 0 radical (unpaired) electrons. The van der Waals surface area contributed by atoms with Gasteiger partial charge in [0, 0.05) is 0 Å². The van der Waals surface area contributed by atoms with Crippen LogP contribution < -0.4 is 0 Å². The molecule has 0 aromatic rings. The van der Waals surface area contributed by atoms with E-state index in [4.69, 9.17) is 10.00 Å². The van der Waals surface area contributed by atoms with Crippen molar-refractivity contribution in [3.8, 4) is 6.26 Å². The Bertz CT molecular complexity index is 153. The van der Waals surface area contributed by atoms with Gasteiger partial charge in [0.2, 0.25) is 0 Å². The van der Waals surface area contributed by atoms with Crippen molar-refractivity contribution < 1.29 is 4.74 Å². The average molecular weight is 153 g/mol. The fraction of sp³-hybridized carbons (Fsp3) is 0.889. The van der Waals surface area contributed by atoms with Crippen LogP contribution in [0.3, 0.4) is 0 Å². The summed E-state index contributed by atoms with van der Waals surface area (Å²) in [6.07, 6.45) is 8.67. The first-order valence-corrected chi connectivity index (χ1v) is 4.40. The summed E-state index contributed by atoms with van der Waals surface area (Å²) < 4.78 is 5.13. The third-order valence-corrected chi connectivity index (χ3v) is 2.67. The first-order valence-electron chi connectivity index (χ1n) is 4.40. The molecule has 11 heavy (non-hydrogen) atoms. The minimum absolute atomic E-state index is 0.0903. The normalized spacial score (nSPS) is 22.2. The minimum Gasteiger partial charge on any atom is -0.421 e. The van der Waals surface area contributed by atoms with Crippen LogP contribution in [0.1, 0.15) is 45.4 Å². The van der Waals surface area contributed by atoms with E-state index in [1.165, 1.54) is 19.3 Å². The highest BCUT2D eigenvalue weighted by Gasteiger charge is 2.31. The molecule has 0 saturated heterocycles. The van der Waals surface area contributed by atoms with Crippen LogP contribution in [-0.4, -0.2) is 5.60 Å². The van der Waals surface area contributed by atoms with Crippen LogP contribution in [0.25, 0.3) is 0 Å². The quantitative estimate of drug-likeness (QED) is 0.571. The molecule has 0 N–H and O–H groups in total. The highest BCUT2D eigenvalue weighted by molar-refractivity contribution is 4.85. The average Bonchev–Trinajstić information content (AvgIpc) is 2.07. The summed E-state index contributed by atoms with van der Waals surface area (Å²) >= 11 is 0. The third-order valence-electron chi connectivity index (χ3n) is 2.67. The SMILES string of the molecule is CCC1(OC#N)CCCCC1. The van der Waals surface area contributed by atoms with Crippen molar-refractivity contribution in [2.45, 2.75) is 51.0 Å². The van der Waals surface area contributed by atoms with Gasteiger partial charge in [0.15, 0.2) is 0 Å². The number of hydrogen-bond acceptors (Lipinski definition) is 2. The molecule has 0 atom stereocenters. The van der Waals surface area contributed by atoms with Crippen LogP contribution in [0.5, 0.6) is 0 Å². The monoisotopic (exact) mass is 153 g/mol. The van der Waals surface area contributed by atoms with E-state index in [1.807, 2.05) is 6.26 Å². The van der Waals surface area contributed by atoms with Gasteiger partial charge in [-0.15, -0.1) is 0 Å². The maximum atomic E-state index is 8.44. The molecule has 1 aliphatic rings. The number of ether oxygens (including phenoxy) is 1. The highest BCUT2D eigenvalue weighted by Crippen LogP contribution is 2.33. The summed E-state index contributed by atoms with van der Waals surface area (Å²) in [6, 6.07) is 0. The van der Waals surface area contributed by atoms with Crippen molar-refractivity contribution in [1.29, 1.82) is 5.26 Å². The molecule has 2 heteroatoms. The van der Waals surface area contributed by atoms with E-state index < -0.39 is 0 Å². The molecule has 0 aromatic carbocycles. The van der Waals surface area contributed by atoms with Crippen molar-refractivity contribution >= 4 is 0 Å². The van der Waals surface area contributed by atoms with E-state index in [0.717, 1.165) is 19.3 Å². The molecular formula is C9H15NO. The zero-order chi connectivity index (χ0) is 8.16. The molecule has 62 valence electrons. The molecule has 0 aliphatic heterocycles. The van der Waals surface area contributed by atoms with Gasteiger partial charge in [0.25, 0.3) is 6.26 Å². The highest BCUT2D eigenvalue weighted by atomic mass is 16.5. The molecular weight excluding hydrogens is 138 g/mol. The van der Waals surface area contributed by atoms with Crippen LogP contribution in [0.15, 0.2) is 0 Å². The standard InChI is InChI=1S/C9H15NO/c1-2-9(11-8-10)6-4-3-5-7-9/h2-7H2,1H3. The van der Waals surface area contributed by atoms with E-state index >= 15 is 0 Å². The fourth-order valence-electron chi connectivity index (χ4n) is 1.82. The van der Waals surface area contributed by atoms with E-state index in [1.54, 1.807) is 0 Å². The van der Waals surface area contributed by atoms with Crippen LogP contribution >= 0.6 is 0 Å². The minimum atomic E-state index is -0.0903. The number of rotatable bonds is 2. The van der Waals surface area contributed by atoms with Crippen molar-refractivity contribution in [1.82, 2.24) is 0 Å². The summed E-state index contributed by atoms with van der Waals surface area (Å²) in [7, 11) is 0. The van der Waals surface area contributed by atoms with Gasteiger partial charge in [-0.3, -0.25) is 0 Å². The predicted octanol–water partition coefficient (Wildman–Crippen LogP) is 2.60. The maximum absolute atomic E-state index is 8.44. The van der Waals surface area contributed by atoms with Crippen molar-refractivity contribution in [3.63, 3.8) is 0 Å². The predicted molar refractivity (Wildman–Crippen MR) is 42.8 cm³/mol. The van der Waals surface area contributed by atoms with Crippen LogP contribution in [0.2, 0.25) is 0 Å². The lowest BCUT2D eigenvalue weighted by molar-refractivity contribution is -0.00311. The van der Waals surface area contributed by atoms with Gasteiger partial charge in [0.05, 0.1) is 0 Å². The second-order valence-electron chi connectivity index (χ2n) is 3.29. The smallest absolute Gasteiger partial charge is 0.286 e. The zero-order valence-electron chi connectivity index (χ0n) is 7.10. The van der Waals surface area contributed by atoms with Crippen molar-refractivity contribution in [2.75, 3.05) is 0 Å². The Balaban J connectivity index is 2.51. The second kappa shape index (κ2) is 3.61. The fourth-order valence-corrected chi connectivity index (χ4v) is 1.82. The van der Waals surface area contributed by atoms with Crippen LogP contribution in [0.4, 0.5) is 0 Å². The molecule has 0 unspecified atom stereocenters. The molecule has 1 aliphatic carbocycles. The lowest BCUT2D eigenvalue weighted by atomic mass is 9.83. The summed E-state index contributed by atoms with van der Waals surface area (Å²) in [4.78, 5) is 0. The molecule has 2 nitrogen and oxygen atoms in total. The first kappa shape index (κ1) is 8.39. The molecule has 1 rings (SSSR count). The van der Waals surface area contributed by atoms with Crippen molar-refractivity contribution in [3.05, 3.63) is 0 Å². The zero-order valence-corrected chi connectivity index (χ0v) is 7.10. The van der Waals surface area contributed by atoms with Crippen LogP contribution in [0, 0.1) is 11.5 Å². The Morgan fingerprint density at radius 2 is 2.00 bits per heavy atom. The first-order chi connectivity index (χ1) is 5.33. The number of nitrogens with zero attached hydrogens (tertiary/aromatic N) is 1. The van der Waals surface area contributed by atoms with Crippen molar-refractivity contribution in [2.24, 2.45) is 0 Å². The summed E-state index contributed by atoms with van der Waals surface area (Å²) in [5.41, 5.74) is -0.0903. The molecule has 0 amide bonds. The Kier molecular flexibility index (Phi) is 2.76. The van der Waals surface area contributed by atoms with Gasteiger partial charge in [-0.1, -0.05) is 13.3 Å². The molecule has 0 spiro atoms. The second-order valence-corrected chi connectivity index (χ2v) is 3.29. The molecule has 0 heterocycles. The van der Waals surface area contributed by atoms with E-state index in [-0.39, 0.29) is 5.60 Å². The van der Waals surface area contributed by atoms with Gasteiger partial charge >= 0.3 is 0 Å². The number of nitriles is 1. The Hall–Kier alpha value is -0.710. The third kappa shape index (κ3) is 1.86.